The topological polar surface area (TPSA) is 75.8 Å². The van der Waals surface area contributed by atoms with Gasteiger partial charge in [0, 0.05) is 18.2 Å². The molecular weight excluding hydrogens is 308 g/mol. The zero-order chi connectivity index (χ0) is 17.7. The second-order valence-electron chi connectivity index (χ2n) is 6.13. The van der Waals surface area contributed by atoms with Gasteiger partial charge in [-0.05, 0) is 18.9 Å². The zero-order valence-electron chi connectivity index (χ0n) is 14.5. The minimum absolute atomic E-state index is 0.0700. The maximum absolute atomic E-state index is 11.0. The molecule has 0 aliphatic carbocycles. The number of hydrogen-bond acceptors (Lipinski definition) is 5. The Labute approximate surface area is 142 Å². The lowest BCUT2D eigenvalue weighted by Crippen LogP contribution is -2.36. The van der Waals surface area contributed by atoms with Crippen LogP contribution in [-0.4, -0.2) is 34.1 Å². The average molecular weight is 332 g/mol. The molecule has 0 saturated carbocycles. The SMILES string of the molecule is COc1ccccc1CN(Cc1nc(C(=O)O)co1)C(C)C(C)C. The molecule has 0 fully saturated rings. The Balaban J connectivity index is 2.22. The molecule has 1 heterocycles. The number of ether oxygens (including phenoxy) is 1. The summed E-state index contributed by atoms with van der Waals surface area (Å²) in [7, 11) is 1.66. The number of methoxy groups -OCH3 is 1. The number of aromatic carboxylic acids is 1. The number of hydrogen-bond donors (Lipinski definition) is 1. The number of para-hydroxylation sites is 1. The monoisotopic (exact) mass is 332 g/mol. The van der Waals surface area contributed by atoms with Gasteiger partial charge >= 0.3 is 5.97 Å². The summed E-state index contributed by atoms with van der Waals surface area (Å²) >= 11 is 0. The summed E-state index contributed by atoms with van der Waals surface area (Å²) in [5.74, 6) is 0.568. The molecule has 1 aromatic carbocycles. The summed E-state index contributed by atoms with van der Waals surface area (Å²) in [6.45, 7) is 7.54. The molecule has 130 valence electrons. The molecule has 1 N–H and O–H groups in total. The number of carboxylic acid groups (broad SMARTS) is 1. The summed E-state index contributed by atoms with van der Waals surface area (Å²) in [5.41, 5.74) is 0.997. The molecule has 0 aliphatic heterocycles. The van der Waals surface area contributed by atoms with Crippen LogP contribution < -0.4 is 4.74 Å². The van der Waals surface area contributed by atoms with Gasteiger partial charge < -0.3 is 14.3 Å². The Morgan fingerprint density at radius 1 is 1.29 bits per heavy atom. The van der Waals surface area contributed by atoms with Gasteiger partial charge in [-0.3, -0.25) is 4.90 Å². The molecule has 0 spiro atoms. The van der Waals surface area contributed by atoms with Crippen molar-refractivity contribution in [3.63, 3.8) is 0 Å². The van der Waals surface area contributed by atoms with E-state index in [0.717, 1.165) is 11.3 Å². The third-order valence-electron chi connectivity index (χ3n) is 4.22. The standard InChI is InChI=1S/C18H24N2O4/c1-12(2)13(3)20(9-14-7-5-6-8-16(14)23-4)10-17-19-15(11-24-17)18(21)22/h5-8,11-13H,9-10H2,1-4H3,(H,21,22). The van der Waals surface area contributed by atoms with Gasteiger partial charge in [0.1, 0.15) is 12.0 Å². The van der Waals surface area contributed by atoms with Gasteiger partial charge in [0.2, 0.25) is 5.89 Å². The third kappa shape index (κ3) is 4.35. The second kappa shape index (κ2) is 7.97. The van der Waals surface area contributed by atoms with Crippen LogP contribution in [0.4, 0.5) is 0 Å². The van der Waals surface area contributed by atoms with Crippen LogP contribution >= 0.6 is 0 Å². The molecule has 0 radical (unpaired) electrons. The first-order valence-electron chi connectivity index (χ1n) is 7.96. The van der Waals surface area contributed by atoms with E-state index in [0.29, 0.717) is 24.9 Å². The Morgan fingerprint density at radius 3 is 2.58 bits per heavy atom. The molecule has 1 atom stereocenters. The number of oxazole rings is 1. The van der Waals surface area contributed by atoms with Crippen molar-refractivity contribution >= 4 is 5.97 Å². The minimum Gasteiger partial charge on any atom is -0.496 e. The van der Waals surface area contributed by atoms with E-state index >= 15 is 0 Å². The van der Waals surface area contributed by atoms with Crippen LogP contribution in [-0.2, 0) is 13.1 Å². The lowest BCUT2D eigenvalue weighted by molar-refractivity contribution is 0.0690. The van der Waals surface area contributed by atoms with E-state index in [-0.39, 0.29) is 11.7 Å². The highest BCUT2D eigenvalue weighted by Gasteiger charge is 2.22. The molecule has 6 nitrogen and oxygen atoms in total. The van der Waals surface area contributed by atoms with E-state index in [1.165, 1.54) is 6.26 Å². The Kier molecular flexibility index (Phi) is 5.98. The molecule has 0 saturated heterocycles. The third-order valence-corrected chi connectivity index (χ3v) is 4.22. The van der Waals surface area contributed by atoms with E-state index in [1.54, 1.807) is 7.11 Å². The summed E-state index contributed by atoms with van der Waals surface area (Å²) in [6.07, 6.45) is 1.18. The number of carbonyl (C=O) groups is 1. The molecule has 2 rings (SSSR count). The van der Waals surface area contributed by atoms with Gasteiger partial charge in [0.25, 0.3) is 0 Å². The smallest absolute Gasteiger partial charge is 0.357 e. The van der Waals surface area contributed by atoms with E-state index in [4.69, 9.17) is 14.3 Å². The number of aromatic nitrogens is 1. The van der Waals surface area contributed by atoms with Gasteiger partial charge in [-0.1, -0.05) is 32.0 Å². The van der Waals surface area contributed by atoms with E-state index < -0.39 is 5.97 Å². The van der Waals surface area contributed by atoms with Crippen molar-refractivity contribution in [3.05, 3.63) is 47.7 Å². The van der Waals surface area contributed by atoms with Crippen LogP contribution in [0.2, 0.25) is 0 Å². The molecule has 0 aliphatic rings. The van der Waals surface area contributed by atoms with Crippen molar-refractivity contribution in [1.29, 1.82) is 0 Å². The highest BCUT2D eigenvalue weighted by molar-refractivity contribution is 5.84. The molecule has 1 aromatic heterocycles. The molecule has 2 aromatic rings. The van der Waals surface area contributed by atoms with Crippen LogP contribution in [0.15, 0.2) is 34.9 Å². The highest BCUT2D eigenvalue weighted by atomic mass is 16.5. The number of nitrogens with zero attached hydrogens (tertiary/aromatic N) is 2. The van der Waals surface area contributed by atoms with Gasteiger partial charge in [-0.25, -0.2) is 9.78 Å². The van der Waals surface area contributed by atoms with Crippen LogP contribution in [0.3, 0.4) is 0 Å². The van der Waals surface area contributed by atoms with Crippen molar-refractivity contribution in [2.75, 3.05) is 7.11 Å². The van der Waals surface area contributed by atoms with Crippen LogP contribution in [0.25, 0.3) is 0 Å². The first-order valence-corrected chi connectivity index (χ1v) is 7.96. The number of benzene rings is 1. The predicted octanol–water partition coefficient (Wildman–Crippen LogP) is 3.43. The maximum atomic E-state index is 11.0. The van der Waals surface area contributed by atoms with Gasteiger partial charge in [-0.15, -0.1) is 0 Å². The normalized spacial score (nSPS) is 12.6. The lowest BCUT2D eigenvalue weighted by Gasteiger charge is -2.31. The van der Waals surface area contributed by atoms with E-state index in [2.05, 4.69) is 30.7 Å². The molecule has 0 amide bonds. The summed E-state index contributed by atoms with van der Waals surface area (Å²) in [6, 6.07) is 8.13. The van der Waals surface area contributed by atoms with Crippen LogP contribution in [0.5, 0.6) is 5.75 Å². The average Bonchev–Trinajstić information content (AvgIpc) is 3.02. The molecule has 6 heteroatoms. The molecule has 0 bridgehead atoms. The Hall–Kier alpha value is -2.34. The van der Waals surface area contributed by atoms with Gasteiger partial charge in [-0.2, -0.15) is 0 Å². The Bertz CT molecular complexity index is 681. The van der Waals surface area contributed by atoms with E-state index in [9.17, 15) is 4.79 Å². The Morgan fingerprint density at radius 2 is 2.00 bits per heavy atom. The molecular formula is C18H24N2O4. The first-order chi connectivity index (χ1) is 11.4. The fourth-order valence-corrected chi connectivity index (χ4v) is 2.47. The molecule has 1 unspecified atom stereocenters. The summed E-state index contributed by atoms with van der Waals surface area (Å²) in [5, 5.41) is 8.98. The van der Waals surface area contributed by atoms with Crippen LogP contribution in [0, 0.1) is 5.92 Å². The largest absolute Gasteiger partial charge is 0.496 e. The van der Waals surface area contributed by atoms with Gasteiger partial charge in [0.15, 0.2) is 5.69 Å². The lowest BCUT2D eigenvalue weighted by atomic mass is 10.0. The predicted molar refractivity (Wildman–Crippen MR) is 90.0 cm³/mol. The van der Waals surface area contributed by atoms with Crippen LogP contribution in [0.1, 0.15) is 42.7 Å². The van der Waals surface area contributed by atoms with Crippen molar-refractivity contribution < 1.29 is 19.1 Å². The summed E-state index contributed by atoms with van der Waals surface area (Å²) in [4.78, 5) is 17.2. The molecule has 24 heavy (non-hydrogen) atoms. The van der Waals surface area contributed by atoms with Crippen molar-refractivity contribution in [2.24, 2.45) is 5.92 Å². The fraction of sp³-hybridized carbons (Fsp3) is 0.444. The van der Waals surface area contributed by atoms with E-state index in [1.807, 2.05) is 24.3 Å². The minimum atomic E-state index is -1.09. The fourth-order valence-electron chi connectivity index (χ4n) is 2.47. The second-order valence-corrected chi connectivity index (χ2v) is 6.13. The highest BCUT2D eigenvalue weighted by Crippen LogP contribution is 2.23. The summed E-state index contributed by atoms with van der Waals surface area (Å²) < 4.78 is 10.7. The van der Waals surface area contributed by atoms with Gasteiger partial charge in [0.05, 0.1) is 13.7 Å². The quantitative estimate of drug-likeness (QED) is 0.798. The first kappa shape index (κ1) is 18.0. The van der Waals surface area contributed by atoms with Crippen molar-refractivity contribution in [1.82, 2.24) is 9.88 Å². The van der Waals surface area contributed by atoms with Crippen molar-refractivity contribution in [2.45, 2.75) is 39.9 Å². The number of rotatable bonds is 8. The van der Waals surface area contributed by atoms with Crippen molar-refractivity contribution in [3.8, 4) is 5.75 Å². The maximum Gasteiger partial charge on any atom is 0.357 e. The number of carboxylic acids is 1. The zero-order valence-corrected chi connectivity index (χ0v) is 14.5.